The Bertz CT molecular complexity index is 946. The van der Waals surface area contributed by atoms with Crippen molar-refractivity contribution in [1.82, 2.24) is 10.2 Å². The van der Waals surface area contributed by atoms with Gasteiger partial charge in [-0.2, -0.15) is 12.6 Å². The van der Waals surface area contributed by atoms with Crippen molar-refractivity contribution in [2.45, 2.75) is 75.7 Å². The summed E-state index contributed by atoms with van der Waals surface area (Å²) in [5.74, 6) is -0.103. The van der Waals surface area contributed by atoms with Crippen LogP contribution in [0.25, 0.3) is 11.1 Å². The van der Waals surface area contributed by atoms with Gasteiger partial charge < -0.3 is 10.2 Å². The molecule has 31 heavy (non-hydrogen) atoms. The molecule has 1 saturated heterocycles. The Morgan fingerprint density at radius 1 is 1.16 bits per heavy atom. The maximum absolute atomic E-state index is 13.6. The van der Waals surface area contributed by atoms with Crippen LogP contribution in [0.1, 0.15) is 63.1 Å². The molecule has 1 N–H and O–H groups in total. The molecule has 164 valence electrons. The summed E-state index contributed by atoms with van der Waals surface area (Å²) < 4.78 is 0. The van der Waals surface area contributed by atoms with E-state index in [0.717, 1.165) is 31.2 Å². The number of hydrogen-bond donors (Lipinski definition) is 2. The molecule has 0 aromatic heterocycles. The van der Waals surface area contributed by atoms with Crippen molar-refractivity contribution in [2.24, 2.45) is 0 Å². The maximum atomic E-state index is 13.6. The smallest absolute Gasteiger partial charge is 0.246 e. The molecule has 0 aliphatic carbocycles. The van der Waals surface area contributed by atoms with Crippen LogP contribution < -0.4 is 5.32 Å². The number of nitrogens with zero attached hydrogens (tertiary/aromatic N) is 1. The minimum Gasteiger partial charge on any atom is -0.343 e. The second-order valence-corrected chi connectivity index (χ2v) is 9.51. The third-order valence-electron chi connectivity index (χ3n) is 6.68. The molecule has 0 bridgehead atoms. The molecule has 4 atom stereocenters. The van der Waals surface area contributed by atoms with Crippen molar-refractivity contribution in [3.8, 4) is 11.1 Å². The van der Waals surface area contributed by atoms with Gasteiger partial charge in [0.25, 0.3) is 0 Å². The second kappa shape index (κ2) is 9.47. The van der Waals surface area contributed by atoms with Crippen LogP contribution >= 0.6 is 12.6 Å². The van der Waals surface area contributed by atoms with Gasteiger partial charge in [0, 0.05) is 12.5 Å². The monoisotopic (exact) mass is 436 g/mol. The van der Waals surface area contributed by atoms with Crippen LogP contribution in [0.5, 0.6) is 0 Å². The van der Waals surface area contributed by atoms with E-state index in [2.05, 4.69) is 67.3 Å². The van der Waals surface area contributed by atoms with Gasteiger partial charge in [-0.3, -0.25) is 9.59 Å². The van der Waals surface area contributed by atoms with Crippen molar-refractivity contribution in [3.05, 3.63) is 59.7 Å². The first-order valence-corrected chi connectivity index (χ1v) is 12.0. The standard InChI is InChI=1S/C26H32N2O2S/c1-3-8-24(31)25(29)27-22-16-20-14-13-19(18-10-5-4-6-11-18)15-21(20)23-12-7-9-17(2)28(23)26(22)30/h4-6,10-11,13-15,17,22-24,31H,3,7-9,12,16H2,1-2H3,(H,27,29)/t17?,22-,23?,24-/m0/s1. The van der Waals surface area contributed by atoms with E-state index in [9.17, 15) is 9.59 Å². The third kappa shape index (κ3) is 4.52. The number of benzene rings is 2. The Hall–Kier alpha value is -2.27. The lowest BCUT2D eigenvalue weighted by Crippen LogP contribution is -2.53. The molecule has 2 aliphatic heterocycles. The zero-order chi connectivity index (χ0) is 22.0. The van der Waals surface area contributed by atoms with Crippen LogP contribution in [-0.2, 0) is 16.0 Å². The first-order valence-electron chi connectivity index (χ1n) is 11.5. The summed E-state index contributed by atoms with van der Waals surface area (Å²) in [4.78, 5) is 28.4. The minimum absolute atomic E-state index is 0.0417. The fraction of sp³-hybridized carbons (Fsp3) is 0.462. The average molecular weight is 437 g/mol. The molecular weight excluding hydrogens is 404 g/mol. The molecule has 2 aromatic carbocycles. The Morgan fingerprint density at radius 2 is 1.94 bits per heavy atom. The van der Waals surface area contributed by atoms with Gasteiger partial charge in [-0.1, -0.05) is 55.8 Å². The molecule has 0 radical (unpaired) electrons. The fourth-order valence-corrected chi connectivity index (χ4v) is 5.37. The first kappa shape index (κ1) is 21.9. The van der Waals surface area contributed by atoms with Gasteiger partial charge in [0.05, 0.1) is 11.3 Å². The van der Waals surface area contributed by atoms with Gasteiger partial charge in [0.2, 0.25) is 11.8 Å². The molecule has 2 amide bonds. The maximum Gasteiger partial charge on any atom is 0.246 e. The van der Waals surface area contributed by atoms with Gasteiger partial charge in [0.15, 0.2) is 0 Å². The Labute approximate surface area is 190 Å². The normalized spacial score (nSPS) is 24.0. The van der Waals surface area contributed by atoms with Crippen molar-refractivity contribution < 1.29 is 9.59 Å². The van der Waals surface area contributed by atoms with Crippen LogP contribution in [0, 0.1) is 0 Å². The fourth-order valence-electron chi connectivity index (χ4n) is 5.04. The number of carbonyl (C=O) groups excluding carboxylic acids is 2. The summed E-state index contributed by atoms with van der Waals surface area (Å²) in [5.41, 5.74) is 4.74. The molecular formula is C26H32N2O2S. The summed E-state index contributed by atoms with van der Waals surface area (Å²) in [6.45, 7) is 4.17. The van der Waals surface area contributed by atoms with E-state index in [4.69, 9.17) is 0 Å². The largest absolute Gasteiger partial charge is 0.343 e. The van der Waals surface area contributed by atoms with Crippen molar-refractivity contribution in [3.63, 3.8) is 0 Å². The zero-order valence-electron chi connectivity index (χ0n) is 18.4. The predicted molar refractivity (Wildman–Crippen MR) is 128 cm³/mol. The number of hydrogen-bond acceptors (Lipinski definition) is 3. The Morgan fingerprint density at radius 3 is 2.68 bits per heavy atom. The van der Waals surface area contributed by atoms with E-state index in [0.29, 0.717) is 12.8 Å². The lowest BCUT2D eigenvalue weighted by atomic mass is 9.88. The zero-order valence-corrected chi connectivity index (χ0v) is 19.3. The lowest BCUT2D eigenvalue weighted by Gasteiger charge is -2.41. The van der Waals surface area contributed by atoms with Gasteiger partial charge in [0.1, 0.15) is 6.04 Å². The second-order valence-electron chi connectivity index (χ2n) is 8.89. The summed E-state index contributed by atoms with van der Waals surface area (Å²) in [7, 11) is 0. The first-order chi connectivity index (χ1) is 15.0. The third-order valence-corrected chi connectivity index (χ3v) is 7.17. The Kier molecular flexibility index (Phi) is 6.71. The summed E-state index contributed by atoms with van der Waals surface area (Å²) >= 11 is 4.44. The highest BCUT2D eigenvalue weighted by molar-refractivity contribution is 7.81. The van der Waals surface area contributed by atoms with E-state index in [1.165, 1.54) is 16.7 Å². The molecule has 0 saturated carbocycles. The van der Waals surface area contributed by atoms with Crippen molar-refractivity contribution in [1.29, 1.82) is 0 Å². The van der Waals surface area contributed by atoms with E-state index in [-0.39, 0.29) is 29.1 Å². The average Bonchev–Trinajstić information content (AvgIpc) is 2.90. The number of fused-ring (bicyclic) bond motifs is 3. The number of thiol groups is 1. The number of rotatable bonds is 5. The van der Waals surface area contributed by atoms with E-state index >= 15 is 0 Å². The van der Waals surface area contributed by atoms with E-state index < -0.39 is 6.04 Å². The van der Waals surface area contributed by atoms with Gasteiger partial charge in [-0.15, -0.1) is 0 Å². The number of carbonyl (C=O) groups is 2. The number of nitrogens with one attached hydrogen (secondary N) is 1. The van der Waals surface area contributed by atoms with Crippen molar-refractivity contribution >= 4 is 24.4 Å². The summed E-state index contributed by atoms with van der Waals surface area (Å²) in [5, 5.41) is 2.65. The van der Waals surface area contributed by atoms with Crippen LogP contribution in [0.3, 0.4) is 0 Å². The molecule has 4 nitrogen and oxygen atoms in total. The number of amides is 2. The van der Waals surface area contributed by atoms with Crippen LogP contribution in [0.2, 0.25) is 0 Å². The van der Waals surface area contributed by atoms with Gasteiger partial charge in [-0.25, -0.2) is 0 Å². The topological polar surface area (TPSA) is 49.4 Å². The minimum atomic E-state index is -0.536. The van der Waals surface area contributed by atoms with Crippen LogP contribution in [0.15, 0.2) is 48.5 Å². The SMILES string of the molecule is CCC[C@H](S)C(=O)N[C@H]1Cc2ccc(-c3ccccc3)cc2C2CCCC(C)N2C1=O. The predicted octanol–water partition coefficient (Wildman–Crippen LogP) is 4.94. The summed E-state index contributed by atoms with van der Waals surface area (Å²) in [6.07, 6.45) is 5.19. The van der Waals surface area contributed by atoms with E-state index in [1.54, 1.807) is 0 Å². The highest BCUT2D eigenvalue weighted by Gasteiger charge is 2.41. The quantitative estimate of drug-likeness (QED) is 0.653. The molecule has 2 heterocycles. The lowest BCUT2D eigenvalue weighted by molar-refractivity contribution is -0.141. The van der Waals surface area contributed by atoms with E-state index in [1.807, 2.05) is 17.9 Å². The Balaban J connectivity index is 1.71. The molecule has 5 heteroatoms. The molecule has 2 unspecified atom stereocenters. The summed E-state index contributed by atoms with van der Waals surface area (Å²) in [6, 6.07) is 16.6. The molecule has 4 rings (SSSR count). The molecule has 0 spiro atoms. The molecule has 1 fully saturated rings. The van der Waals surface area contributed by atoms with Gasteiger partial charge >= 0.3 is 0 Å². The number of piperidine rings is 1. The molecule has 2 aliphatic rings. The van der Waals surface area contributed by atoms with Crippen molar-refractivity contribution in [2.75, 3.05) is 0 Å². The van der Waals surface area contributed by atoms with Crippen LogP contribution in [0.4, 0.5) is 0 Å². The highest BCUT2D eigenvalue weighted by atomic mass is 32.1. The molecule has 2 aromatic rings. The van der Waals surface area contributed by atoms with Crippen LogP contribution in [-0.4, -0.2) is 34.0 Å². The highest BCUT2D eigenvalue weighted by Crippen LogP contribution is 2.40. The van der Waals surface area contributed by atoms with Gasteiger partial charge in [-0.05, 0) is 60.9 Å².